The van der Waals surface area contributed by atoms with Crippen molar-refractivity contribution in [2.24, 2.45) is 11.8 Å². The third-order valence-electron chi connectivity index (χ3n) is 2.55. The van der Waals surface area contributed by atoms with Gasteiger partial charge >= 0.3 is 5.97 Å². The molecule has 2 fully saturated rings. The van der Waals surface area contributed by atoms with Crippen LogP contribution in [-0.4, -0.2) is 31.1 Å². The van der Waals surface area contributed by atoms with Crippen molar-refractivity contribution in [1.29, 1.82) is 0 Å². The zero-order valence-corrected chi connectivity index (χ0v) is 9.49. The van der Waals surface area contributed by atoms with Gasteiger partial charge in [-0.2, -0.15) is 0 Å². The lowest BCUT2D eigenvalue weighted by atomic mass is 10.2. The molecule has 0 amide bonds. The van der Waals surface area contributed by atoms with Gasteiger partial charge in [-0.25, -0.2) is 0 Å². The number of esters is 1. The fourth-order valence-electron chi connectivity index (χ4n) is 1.79. The van der Waals surface area contributed by atoms with Crippen LogP contribution in [0.5, 0.6) is 0 Å². The quantitative estimate of drug-likeness (QED) is 0.651. The molecule has 86 valence electrons. The minimum atomic E-state index is -0.401. The van der Waals surface area contributed by atoms with Gasteiger partial charge in [0, 0.05) is 5.92 Å². The Hall–Kier alpha value is -0.610. The molecule has 4 nitrogen and oxygen atoms in total. The number of ether oxygens (including phenoxy) is 3. The molecule has 4 heteroatoms. The van der Waals surface area contributed by atoms with Crippen LogP contribution in [0.3, 0.4) is 0 Å². The minimum Gasteiger partial charge on any atom is -0.460 e. The maximum absolute atomic E-state index is 11.7. The molecule has 0 spiro atoms. The summed E-state index contributed by atoms with van der Waals surface area (Å²) < 4.78 is 16.0. The zero-order chi connectivity index (χ0) is 11.1. The van der Waals surface area contributed by atoms with Crippen LogP contribution in [0.4, 0.5) is 0 Å². The number of carbonyl (C=O) groups excluding carboxylic acids is 1. The summed E-state index contributed by atoms with van der Waals surface area (Å²) in [5.74, 6) is 0.0706. The smallest absolute Gasteiger partial charge is 0.309 e. The molecule has 0 aromatic carbocycles. The first-order valence-electron chi connectivity index (χ1n) is 5.43. The molecule has 1 aliphatic heterocycles. The van der Waals surface area contributed by atoms with E-state index in [1.165, 1.54) is 0 Å². The van der Waals surface area contributed by atoms with Crippen LogP contribution < -0.4 is 0 Å². The topological polar surface area (TPSA) is 44.8 Å². The number of carbonyl (C=O) groups is 1. The van der Waals surface area contributed by atoms with Crippen molar-refractivity contribution in [3.05, 3.63) is 0 Å². The average molecular weight is 214 g/mol. The van der Waals surface area contributed by atoms with Gasteiger partial charge in [-0.15, -0.1) is 0 Å². The molecule has 1 saturated heterocycles. The standard InChI is InChI=1S/C11H18O4/c1-11(2,3)15-9(12)7-6-8(7)10-13-4-5-14-10/h7-8,10H,4-6H2,1-3H3. The summed E-state index contributed by atoms with van der Waals surface area (Å²) in [4.78, 5) is 11.7. The highest BCUT2D eigenvalue weighted by Gasteiger charge is 2.51. The van der Waals surface area contributed by atoms with E-state index in [1.807, 2.05) is 20.8 Å². The number of hydrogen-bond donors (Lipinski definition) is 0. The second-order valence-electron chi connectivity index (χ2n) is 5.15. The third-order valence-corrected chi connectivity index (χ3v) is 2.55. The van der Waals surface area contributed by atoms with E-state index >= 15 is 0 Å². The van der Waals surface area contributed by atoms with Crippen molar-refractivity contribution in [2.45, 2.75) is 39.1 Å². The lowest BCUT2D eigenvalue weighted by molar-refractivity contribution is -0.158. The fraction of sp³-hybridized carbons (Fsp3) is 0.909. The number of hydrogen-bond acceptors (Lipinski definition) is 4. The van der Waals surface area contributed by atoms with E-state index in [0.29, 0.717) is 13.2 Å². The Morgan fingerprint density at radius 2 is 1.87 bits per heavy atom. The molecule has 0 radical (unpaired) electrons. The van der Waals surface area contributed by atoms with Gasteiger partial charge in [0.2, 0.25) is 0 Å². The van der Waals surface area contributed by atoms with Crippen LogP contribution in [0.15, 0.2) is 0 Å². The van der Waals surface area contributed by atoms with Crippen molar-refractivity contribution in [1.82, 2.24) is 0 Å². The van der Waals surface area contributed by atoms with E-state index in [-0.39, 0.29) is 24.1 Å². The molecule has 1 saturated carbocycles. The van der Waals surface area contributed by atoms with Crippen LogP contribution >= 0.6 is 0 Å². The van der Waals surface area contributed by atoms with Crippen LogP contribution in [-0.2, 0) is 19.0 Å². The fourth-order valence-corrected chi connectivity index (χ4v) is 1.79. The van der Waals surface area contributed by atoms with Crippen molar-refractivity contribution < 1.29 is 19.0 Å². The van der Waals surface area contributed by atoms with Gasteiger partial charge < -0.3 is 14.2 Å². The molecule has 1 aliphatic carbocycles. The first-order chi connectivity index (χ1) is 6.97. The lowest BCUT2D eigenvalue weighted by Crippen LogP contribution is -2.26. The SMILES string of the molecule is CC(C)(C)OC(=O)C1CC1C1OCCO1. The van der Waals surface area contributed by atoms with E-state index < -0.39 is 5.60 Å². The molecule has 2 unspecified atom stereocenters. The maximum Gasteiger partial charge on any atom is 0.309 e. The van der Waals surface area contributed by atoms with Crippen LogP contribution in [0.25, 0.3) is 0 Å². The Morgan fingerprint density at radius 3 is 2.40 bits per heavy atom. The summed E-state index contributed by atoms with van der Waals surface area (Å²) in [5.41, 5.74) is -0.401. The molecule has 0 aromatic heterocycles. The summed E-state index contributed by atoms with van der Waals surface area (Å²) in [7, 11) is 0. The van der Waals surface area contributed by atoms with E-state index in [9.17, 15) is 4.79 Å². The first kappa shape index (κ1) is 10.9. The molecular weight excluding hydrogens is 196 g/mol. The highest BCUT2D eigenvalue weighted by atomic mass is 16.7. The zero-order valence-electron chi connectivity index (χ0n) is 9.49. The van der Waals surface area contributed by atoms with Gasteiger partial charge in [0.1, 0.15) is 5.60 Å². The van der Waals surface area contributed by atoms with E-state index in [0.717, 1.165) is 6.42 Å². The Kier molecular flexibility index (Phi) is 2.73. The summed E-state index contributed by atoms with van der Waals surface area (Å²) >= 11 is 0. The largest absolute Gasteiger partial charge is 0.460 e. The Bertz CT molecular complexity index is 250. The van der Waals surface area contributed by atoms with Gasteiger partial charge in [-0.3, -0.25) is 4.79 Å². The van der Waals surface area contributed by atoms with Crippen molar-refractivity contribution in [3.63, 3.8) is 0 Å². The molecule has 2 rings (SSSR count). The van der Waals surface area contributed by atoms with Crippen LogP contribution in [0.1, 0.15) is 27.2 Å². The minimum absolute atomic E-state index is 0.0210. The van der Waals surface area contributed by atoms with Gasteiger partial charge in [0.05, 0.1) is 19.1 Å². The van der Waals surface area contributed by atoms with E-state index in [1.54, 1.807) is 0 Å². The highest BCUT2D eigenvalue weighted by Crippen LogP contribution is 2.45. The molecular formula is C11H18O4. The monoisotopic (exact) mass is 214 g/mol. The second-order valence-corrected chi connectivity index (χ2v) is 5.15. The highest BCUT2D eigenvalue weighted by molar-refractivity contribution is 5.76. The van der Waals surface area contributed by atoms with Gasteiger partial charge in [-0.05, 0) is 27.2 Å². The summed E-state index contributed by atoms with van der Waals surface area (Å²) in [6.45, 7) is 6.92. The van der Waals surface area contributed by atoms with Crippen LogP contribution in [0.2, 0.25) is 0 Å². The normalized spacial score (nSPS) is 31.7. The molecule has 0 bridgehead atoms. The molecule has 0 N–H and O–H groups in total. The second kappa shape index (κ2) is 3.76. The predicted octanol–water partition coefficient (Wildman–Crippen LogP) is 1.34. The maximum atomic E-state index is 11.7. The Balaban J connectivity index is 1.80. The van der Waals surface area contributed by atoms with Gasteiger partial charge in [-0.1, -0.05) is 0 Å². The molecule has 1 heterocycles. The van der Waals surface area contributed by atoms with E-state index in [4.69, 9.17) is 14.2 Å². The van der Waals surface area contributed by atoms with Crippen LogP contribution in [0, 0.1) is 11.8 Å². The molecule has 2 atom stereocenters. The average Bonchev–Trinajstić information content (AvgIpc) is 2.71. The molecule has 2 aliphatic rings. The summed E-state index contributed by atoms with van der Waals surface area (Å²) in [6, 6.07) is 0. The number of rotatable bonds is 2. The Labute approximate surface area is 89.9 Å². The van der Waals surface area contributed by atoms with Crippen molar-refractivity contribution in [3.8, 4) is 0 Å². The van der Waals surface area contributed by atoms with Crippen molar-refractivity contribution >= 4 is 5.97 Å². The van der Waals surface area contributed by atoms with E-state index in [2.05, 4.69) is 0 Å². The summed E-state index contributed by atoms with van der Waals surface area (Å²) in [6.07, 6.45) is 0.655. The molecule has 15 heavy (non-hydrogen) atoms. The third kappa shape index (κ3) is 2.69. The van der Waals surface area contributed by atoms with Crippen molar-refractivity contribution in [2.75, 3.05) is 13.2 Å². The molecule has 0 aromatic rings. The predicted molar refractivity (Wildman–Crippen MR) is 53.1 cm³/mol. The van der Waals surface area contributed by atoms with Gasteiger partial charge in [0.25, 0.3) is 0 Å². The first-order valence-corrected chi connectivity index (χ1v) is 5.43. The Morgan fingerprint density at radius 1 is 1.27 bits per heavy atom. The lowest BCUT2D eigenvalue weighted by Gasteiger charge is -2.19. The summed E-state index contributed by atoms with van der Waals surface area (Å²) in [5, 5.41) is 0. The van der Waals surface area contributed by atoms with Gasteiger partial charge in [0.15, 0.2) is 6.29 Å².